The van der Waals surface area contributed by atoms with E-state index in [0.29, 0.717) is 11.8 Å². The monoisotopic (exact) mass is 836 g/mol. The number of nitrogens with zero attached hydrogens (tertiary/aromatic N) is 4. The number of allylic oxidation sites excluding steroid dienone is 1. The summed E-state index contributed by atoms with van der Waals surface area (Å²) in [6.07, 6.45) is 5.27. The van der Waals surface area contributed by atoms with E-state index in [4.69, 9.17) is 14.7 Å². The lowest BCUT2D eigenvalue weighted by atomic mass is 9.65. The van der Waals surface area contributed by atoms with E-state index in [1.165, 1.54) is 55.5 Å². The Morgan fingerprint density at radius 2 is 1.22 bits per heavy atom. The van der Waals surface area contributed by atoms with E-state index < -0.39 is 5.41 Å². The molecule has 0 N–H and O–H groups in total. The molecule has 0 fully saturated rings. The molecule has 1 spiro atoms. The molecule has 0 bridgehead atoms. The van der Waals surface area contributed by atoms with E-state index in [-0.39, 0.29) is 6.17 Å². The Morgan fingerprint density at radius 1 is 0.585 bits per heavy atom. The average Bonchev–Trinajstić information content (AvgIpc) is 3.87. The third-order valence-electron chi connectivity index (χ3n) is 14.1. The fourth-order valence-electron chi connectivity index (χ4n) is 11.3. The largest absolute Gasteiger partial charge is 0.457 e. The summed E-state index contributed by atoms with van der Waals surface area (Å²) in [4.78, 5) is 13.6. The average molecular weight is 837 g/mol. The zero-order valence-corrected chi connectivity index (χ0v) is 36.2. The summed E-state index contributed by atoms with van der Waals surface area (Å²) >= 11 is 0. The molecule has 5 heteroatoms. The predicted octanol–water partition coefficient (Wildman–Crippen LogP) is 14.1. The summed E-state index contributed by atoms with van der Waals surface area (Å²) in [5.41, 5.74) is 16.9. The molecule has 2 aliphatic heterocycles. The number of aliphatic imine (C=N–C) groups is 2. The molecule has 5 nitrogen and oxygen atoms in total. The van der Waals surface area contributed by atoms with E-state index in [2.05, 4.69) is 230 Å². The van der Waals surface area contributed by atoms with Crippen molar-refractivity contribution in [3.63, 3.8) is 0 Å². The predicted molar refractivity (Wildman–Crippen MR) is 265 cm³/mol. The second-order valence-electron chi connectivity index (χ2n) is 17.7. The molecule has 65 heavy (non-hydrogen) atoms. The van der Waals surface area contributed by atoms with Crippen molar-refractivity contribution >= 4 is 28.7 Å². The first-order chi connectivity index (χ1) is 32.1. The van der Waals surface area contributed by atoms with Gasteiger partial charge in [-0.3, -0.25) is 0 Å². The lowest BCUT2D eigenvalue weighted by molar-refractivity contribution is 0.382. The van der Waals surface area contributed by atoms with Gasteiger partial charge in [0, 0.05) is 57.6 Å². The molecule has 2 aliphatic carbocycles. The number of benzene rings is 8. The highest BCUT2D eigenvalue weighted by molar-refractivity contribution is 6.15. The van der Waals surface area contributed by atoms with Gasteiger partial charge in [-0.1, -0.05) is 183 Å². The van der Waals surface area contributed by atoms with Crippen LogP contribution in [0.5, 0.6) is 11.5 Å². The maximum Gasteiger partial charge on any atom is 0.159 e. The van der Waals surface area contributed by atoms with Gasteiger partial charge in [-0.05, 0) is 75.7 Å². The summed E-state index contributed by atoms with van der Waals surface area (Å²) < 4.78 is 9.20. The molecule has 2 unspecified atom stereocenters. The van der Waals surface area contributed by atoms with Crippen LogP contribution in [-0.2, 0) is 5.41 Å². The standard InChI is InChI=1S/C60H44N4O/c1-38-17-14-25-47-45-23-7-11-30-52(45)64(56(38)47)43-21-15-20-42(37-43)57-61-58(41-35-33-40(34-36-41)39-18-4-3-5-19-39)63(2)59(62-57)48-26-16-24-46-44-22-6-8-27-49(44)60(55(46)48)50-28-9-12-31-53(50)65-54-32-13-10-29-51(54)60/h3-16,18-38,58H,17H2,1-2H3. The molecule has 8 aromatic carbocycles. The Hall–Kier alpha value is -8.02. The minimum atomic E-state index is -0.668. The third-order valence-corrected chi connectivity index (χ3v) is 14.1. The number of fused-ring (bicyclic) bond motifs is 12. The van der Waals surface area contributed by atoms with Crippen molar-refractivity contribution in [2.24, 2.45) is 9.98 Å². The van der Waals surface area contributed by atoms with Gasteiger partial charge in [0.25, 0.3) is 0 Å². The fraction of sp³-hybridized carbons (Fsp3) is 0.100. The number of rotatable bonds is 5. The number of para-hydroxylation sites is 3. The molecule has 0 radical (unpaired) electrons. The van der Waals surface area contributed by atoms with Gasteiger partial charge in [0.2, 0.25) is 0 Å². The number of hydrogen-bond acceptors (Lipinski definition) is 4. The smallest absolute Gasteiger partial charge is 0.159 e. The highest BCUT2D eigenvalue weighted by Crippen LogP contribution is 2.63. The highest BCUT2D eigenvalue weighted by Gasteiger charge is 2.53. The number of ether oxygens (including phenoxy) is 1. The van der Waals surface area contributed by atoms with Crippen LogP contribution in [0.2, 0.25) is 0 Å². The molecule has 3 heterocycles. The summed E-state index contributed by atoms with van der Waals surface area (Å²) in [5.74, 6) is 3.66. The van der Waals surface area contributed by atoms with E-state index in [1.54, 1.807) is 0 Å². The van der Waals surface area contributed by atoms with Crippen molar-refractivity contribution in [1.82, 2.24) is 9.47 Å². The number of aromatic nitrogens is 1. The molecule has 9 aromatic rings. The van der Waals surface area contributed by atoms with Crippen molar-refractivity contribution in [2.45, 2.75) is 30.8 Å². The van der Waals surface area contributed by atoms with Gasteiger partial charge in [0.1, 0.15) is 23.5 Å². The molecule has 310 valence electrons. The van der Waals surface area contributed by atoms with Crippen LogP contribution in [0.4, 0.5) is 0 Å². The second kappa shape index (κ2) is 14.5. The van der Waals surface area contributed by atoms with Crippen LogP contribution in [0.25, 0.3) is 44.9 Å². The van der Waals surface area contributed by atoms with Crippen molar-refractivity contribution in [3.05, 3.63) is 250 Å². The van der Waals surface area contributed by atoms with Crippen LogP contribution < -0.4 is 4.74 Å². The van der Waals surface area contributed by atoms with Crippen LogP contribution in [0, 0.1) is 0 Å². The number of amidine groups is 2. The molecule has 0 amide bonds. The Bertz CT molecular complexity index is 3440. The molecule has 1 aromatic heterocycles. The summed E-state index contributed by atoms with van der Waals surface area (Å²) in [6, 6.07) is 69.9. The van der Waals surface area contributed by atoms with E-state index in [1.807, 2.05) is 0 Å². The van der Waals surface area contributed by atoms with Crippen molar-refractivity contribution in [1.29, 1.82) is 0 Å². The Morgan fingerprint density at radius 3 is 2.02 bits per heavy atom. The molecule has 2 atom stereocenters. The highest BCUT2D eigenvalue weighted by atomic mass is 16.5. The topological polar surface area (TPSA) is 42.1 Å². The van der Waals surface area contributed by atoms with Crippen LogP contribution >= 0.6 is 0 Å². The number of hydrogen-bond donors (Lipinski definition) is 0. The minimum absolute atomic E-state index is 0.360. The molecular weight excluding hydrogens is 793 g/mol. The zero-order valence-electron chi connectivity index (χ0n) is 36.2. The zero-order chi connectivity index (χ0) is 43.2. The van der Waals surface area contributed by atoms with Crippen molar-refractivity contribution < 1.29 is 4.74 Å². The maximum atomic E-state index is 6.74. The molecule has 4 aliphatic rings. The normalized spacial score (nSPS) is 17.4. The lowest BCUT2D eigenvalue weighted by Crippen LogP contribution is -2.39. The molecule has 0 saturated carbocycles. The Balaban J connectivity index is 1.04. The first-order valence-corrected chi connectivity index (χ1v) is 22.6. The van der Waals surface area contributed by atoms with Gasteiger partial charge < -0.3 is 14.2 Å². The molecular formula is C60H44N4O. The Labute approximate surface area is 379 Å². The summed E-state index contributed by atoms with van der Waals surface area (Å²) in [6.45, 7) is 2.34. The van der Waals surface area contributed by atoms with E-state index in [9.17, 15) is 0 Å². The fourth-order valence-corrected chi connectivity index (χ4v) is 11.3. The molecule has 13 rings (SSSR count). The van der Waals surface area contributed by atoms with Crippen LogP contribution in [-0.4, -0.2) is 28.2 Å². The van der Waals surface area contributed by atoms with Gasteiger partial charge in [-0.15, -0.1) is 0 Å². The van der Waals surface area contributed by atoms with Crippen LogP contribution in [0.15, 0.2) is 210 Å². The van der Waals surface area contributed by atoms with Crippen LogP contribution in [0.3, 0.4) is 0 Å². The van der Waals surface area contributed by atoms with Crippen molar-refractivity contribution in [2.75, 3.05) is 7.05 Å². The van der Waals surface area contributed by atoms with Crippen molar-refractivity contribution in [3.8, 4) is 39.4 Å². The van der Waals surface area contributed by atoms with Gasteiger partial charge in [-0.2, -0.15) is 0 Å². The lowest BCUT2D eigenvalue weighted by Gasteiger charge is -2.41. The summed E-state index contributed by atoms with van der Waals surface area (Å²) in [7, 11) is 2.15. The first-order valence-electron chi connectivity index (χ1n) is 22.6. The maximum absolute atomic E-state index is 6.74. The minimum Gasteiger partial charge on any atom is -0.457 e. The van der Waals surface area contributed by atoms with Gasteiger partial charge in [0.15, 0.2) is 5.84 Å². The van der Waals surface area contributed by atoms with Gasteiger partial charge in [-0.25, -0.2) is 9.98 Å². The first kappa shape index (κ1) is 37.5. The van der Waals surface area contributed by atoms with Gasteiger partial charge in [0.05, 0.1) is 10.9 Å². The van der Waals surface area contributed by atoms with Gasteiger partial charge >= 0.3 is 0 Å². The summed E-state index contributed by atoms with van der Waals surface area (Å²) in [5, 5.41) is 1.27. The molecule has 0 saturated heterocycles. The van der Waals surface area contributed by atoms with Crippen LogP contribution in [0.1, 0.15) is 75.6 Å². The van der Waals surface area contributed by atoms with E-state index >= 15 is 0 Å². The third kappa shape index (κ3) is 5.51. The van der Waals surface area contributed by atoms with E-state index in [0.717, 1.165) is 57.3 Å². The Kier molecular flexibility index (Phi) is 8.38. The quantitative estimate of drug-likeness (QED) is 0.173. The second-order valence-corrected chi connectivity index (χ2v) is 17.7. The SMILES string of the molecule is CC1CC=Cc2c1n(-c1cccc(C3=NC(c4ccc(-c5ccccc5)cc4)N(C)C(c4cccc5c4C4(c6ccccc6Oc6ccccc64)c4ccccc4-5)=N3)c1)c1ccccc21.